The second-order valence-corrected chi connectivity index (χ2v) is 6.33. The first-order valence-corrected chi connectivity index (χ1v) is 6.59. The first-order chi connectivity index (χ1) is 9.20. The third-order valence-corrected chi connectivity index (χ3v) is 3.69. The molecule has 1 aromatic carbocycles. The molecule has 5 heteroatoms. The molecule has 20 heavy (non-hydrogen) atoms. The molecule has 1 heterocycles. The van der Waals surface area contributed by atoms with Gasteiger partial charge in [0.15, 0.2) is 0 Å². The molecule has 0 unspecified atom stereocenters. The molecule has 0 fully saturated rings. The molecular weight excluding hydrogens is 256 g/mol. The topological polar surface area (TPSA) is 83.6 Å². The van der Waals surface area contributed by atoms with Crippen molar-refractivity contribution in [2.75, 3.05) is 0 Å². The van der Waals surface area contributed by atoms with E-state index in [2.05, 4.69) is 0 Å². The fourth-order valence-corrected chi connectivity index (χ4v) is 2.25. The van der Waals surface area contributed by atoms with Crippen LogP contribution in [0.3, 0.4) is 0 Å². The van der Waals surface area contributed by atoms with Gasteiger partial charge in [0.05, 0.1) is 11.6 Å². The average Bonchev–Trinajstić information content (AvgIpc) is 2.78. The standard InChI is InChI=1S/C15H20N2O3/c1-15(2,3)12(16)13(18)17-7-10-5-4-9(14(19)20)6-11(10)8-17/h4-6,12H,7-8,16H2,1-3H3,(H,19,20)/t12-/m0/s1. The Hall–Kier alpha value is -1.88. The van der Waals surface area contributed by atoms with Crippen molar-refractivity contribution in [1.29, 1.82) is 0 Å². The molecule has 0 aromatic heterocycles. The Balaban J connectivity index is 2.17. The number of carboxylic acids is 1. The molecular formula is C15H20N2O3. The van der Waals surface area contributed by atoms with Crippen LogP contribution in [0.15, 0.2) is 18.2 Å². The summed E-state index contributed by atoms with van der Waals surface area (Å²) in [5.74, 6) is -1.05. The van der Waals surface area contributed by atoms with E-state index in [0.717, 1.165) is 11.1 Å². The van der Waals surface area contributed by atoms with Crippen molar-refractivity contribution < 1.29 is 14.7 Å². The van der Waals surface area contributed by atoms with Crippen molar-refractivity contribution >= 4 is 11.9 Å². The molecule has 2 rings (SSSR count). The second-order valence-electron chi connectivity index (χ2n) is 6.33. The van der Waals surface area contributed by atoms with Crippen LogP contribution in [0.5, 0.6) is 0 Å². The maximum atomic E-state index is 12.4. The molecule has 0 spiro atoms. The first-order valence-electron chi connectivity index (χ1n) is 6.59. The minimum Gasteiger partial charge on any atom is -0.478 e. The van der Waals surface area contributed by atoms with Crippen LogP contribution in [0.2, 0.25) is 0 Å². The van der Waals surface area contributed by atoms with Gasteiger partial charge in [0, 0.05) is 13.1 Å². The van der Waals surface area contributed by atoms with Crippen LogP contribution < -0.4 is 5.73 Å². The fraction of sp³-hybridized carbons (Fsp3) is 0.467. The van der Waals surface area contributed by atoms with Gasteiger partial charge in [0.2, 0.25) is 5.91 Å². The van der Waals surface area contributed by atoms with E-state index in [1.54, 1.807) is 23.1 Å². The Morgan fingerprint density at radius 1 is 1.25 bits per heavy atom. The van der Waals surface area contributed by atoms with Crippen LogP contribution in [0.1, 0.15) is 42.3 Å². The van der Waals surface area contributed by atoms with Gasteiger partial charge in [-0.2, -0.15) is 0 Å². The van der Waals surface area contributed by atoms with Crippen LogP contribution in [0, 0.1) is 5.41 Å². The number of aromatic carboxylic acids is 1. The summed E-state index contributed by atoms with van der Waals surface area (Å²) < 4.78 is 0. The maximum absolute atomic E-state index is 12.4. The zero-order valence-corrected chi connectivity index (χ0v) is 12.0. The summed E-state index contributed by atoms with van der Waals surface area (Å²) in [5.41, 5.74) is 7.84. The number of benzene rings is 1. The number of fused-ring (bicyclic) bond motifs is 1. The highest BCUT2D eigenvalue weighted by molar-refractivity contribution is 5.88. The molecule has 108 valence electrons. The first kappa shape index (κ1) is 14.5. The Morgan fingerprint density at radius 3 is 2.40 bits per heavy atom. The quantitative estimate of drug-likeness (QED) is 0.859. The van der Waals surface area contributed by atoms with Crippen molar-refractivity contribution in [1.82, 2.24) is 4.90 Å². The number of carbonyl (C=O) groups is 2. The highest BCUT2D eigenvalue weighted by Crippen LogP contribution is 2.27. The lowest BCUT2D eigenvalue weighted by atomic mass is 9.86. The average molecular weight is 276 g/mol. The van der Waals surface area contributed by atoms with Gasteiger partial charge in [-0.25, -0.2) is 4.79 Å². The molecule has 0 bridgehead atoms. The zero-order chi connectivity index (χ0) is 15.1. The van der Waals surface area contributed by atoms with Gasteiger partial charge in [0.25, 0.3) is 0 Å². The summed E-state index contributed by atoms with van der Waals surface area (Å²) in [6.45, 7) is 6.72. The van der Waals surface area contributed by atoms with Gasteiger partial charge >= 0.3 is 5.97 Å². The summed E-state index contributed by atoms with van der Waals surface area (Å²) >= 11 is 0. The Labute approximate surface area is 118 Å². The van der Waals surface area contributed by atoms with Crippen LogP contribution in [-0.2, 0) is 17.9 Å². The van der Waals surface area contributed by atoms with E-state index in [1.165, 1.54) is 0 Å². The smallest absolute Gasteiger partial charge is 0.335 e. The van der Waals surface area contributed by atoms with Gasteiger partial charge in [-0.15, -0.1) is 0 Å². The number of hydrogen-bond acceptors (Lipinski definition) is 3. The molecule has 3 N–H and O–H groups in total. The predicted molar refractivity (Wildman–Crippen MR) is 75.1 cm³/mol. The molecule has 5 nitrogen and oxygen atoms in total. The summed E-state index contributed by atoms with van der Waals surface area (Å²) in [4.78, 5) is 25.0. The number of rotatable bonds is 2. The summed E-state index contributed by atoms with van der Waals surface area (Å²) in [6.07, 6.45) is 0. The second kappa shape index (κ2) is 4.90. The highest BCUT2D eigenvalue weighted by Gasteiger charge is 2.33. The largest absolute Gasteiger partial charge is 0.478 e. The van der Waals surface area contributed by atoms with E-state index in [1.807, 2.05) is 20.8 Å². The van der Waals surface area contributed by atoms with E-state index < -0.39 is 12.0 Å². The van der Waals surface area contributed by atoms with Crippen LogP contribution in [0.25, 0.3) is 0 Å². The third kappa shape index (κ3) is 2.67. The van der Waals surface area contributed by atoms with Crippen molar-refractivity contribution in [3.63, 3.8) is 0 Å². The minimum atomic E-state index is -0.955. The molecule has 1 aliphatic heterocycles. The molecule has 0 aliphatic carbocycles. The lowest BCUT2D eigenvalue weighted by Gasteiger charge is -2.29. The predicted octanol–water partition coefficient (Wildman–Crippen LogP) is 1.60. The summed E-state index contributed by atoms with van der Waals surface area (Å²) in [6, 6.07) is 4.41. The number of carbonyl (C=O) groups excluding carboxylic acids is 1. The molecule has 1 amide bonds. The van der Waals surface area contributed by atoms with Gasteiger partial charge in [0.1, 0.15) is 0 Å². The fourth-order valence-electron chi connectivity index (χ4n) is 2.25. The third-order valence-electron chi connectivity index (χ3n) is 3.69. The number of amides is 1. The summed E-state index contributed by atoms with van der Waals surface area (Å²) in [7, 11) is 0. The van der Waals surface area contributed by atoms with E-state index in [4.69, 9.17) is 10.8 Å². The van der Waals surface area contributed by atoms with Crippen LogP contribution in [-0.4, -0.2) is 27.9 Å². The van der Waals surface area contributed by atoms with Gasteiger partial charge in [-0.1, -0.05) is 26.8 Å². The van der Waals surface area contributed by atoms with Crippen LogP contribution in [0.4, 0.5) is 0 Å². The van der Waals surface area contributed by atoms with Gasteiger partial charge < -0.3 is 15.7 Å². The van der Waals surface area contributed by atoms with E-state index >= 15 is 0 Å². The van der Waals surface area contributed by atoms with E-state index in [0.29, 0.717) is 13.1 Å². The molecule has 1 atom stereocenters. The number of nitrogens with zero attached hydrogens (tertiary/aromatic N) is 1. The van der Waals surface area contributed by atoms with E-state index in [9.17, 15) is 9.59 Å². The van der Waals surface area contributed by atoms with Gasteiger partial charge in [-0.3, -0.25) is 4.79 Å². The summed E-state index contributed by atoms with van der Waals surface area (Å²) in [5, 5.41) is 8.99. The van der Waals surface area contributed by atoms with Crippen LogP contribution >= 0.6 is 0 Å². The SMILES string of the molecule is CC(C)(C)[C@@H](N)C(=O)N1Cc2ccc(C(=O)O)cc2C1. The number of carboxylic acid groups (broad SMARTS) is 1. The van der Waals surface area contributed by atoms with Crippen molar-refractivity contribution in [3.05, 3.63) is 34.9 Å². The zero-order valence-electron chi connectivity index (χ0n) is 12.0. The van der Waals surface area contributed by atoms with Crippen molar-refractivity contribution in [2.45, 2.75) is 39.9 Å². The number of hydrogen-bond donors (Lipinski definition) is 2. The van der Waals surface area contributed by atoms with E-state index in [-0.39, 0.29) is 16.9 Å². The maximum Gasteiger partial charge on any atom is 0.335 e. The Kier molecular flexibility index (Phi) is 3.56. The number of nitrogens with two attached hydrogens (primary N) is 1. The van der Waals surface area contributed by atoms with Gasteiger partial charge in [-0.05, 0) is 28.7 Å². The Morgan fingerprint density at radius 2 is 1.85 bits per heavy atom. The highest BCUT2D eigenvalue weighted by atomic mass is 16.4. The monoisotopic (exact) mass is 276 g/mol. The van der Waals surface area contributed by atoms with Crippen molar-refractivity contribution in [2.24, 2.45) is 11.1 Å². The normalized spacial score (nSPS) is 15.9. The molecule has 1 aliphatic rings. The Bertz CT molecular complexity index is 561. The lowest BCUT2D eigenvalue weighted by Crippen LogP contribution is -2.48. The lowest BCUT2D eigenvalue weighted by molar-refractivity contribution is -0.135. The minimum absolute atomic E-state index is 0.0921. The van der Waals surface area contributed by atoms with Crippen molar-refractivity contribution in [3.8, 4) is 0 Å². The molecule has 0 saturated heterocycles. The molecule has 0 radical (unpaired) electrons. The molecule has 0 saturated carbocycles. The molecule has 1 aromatic rings.